The van der Waals surface area contributed by atoms with Gasteiger partial charge in [-0.3, -0.25) is 0 Å². The van der Waals surface area contributed by atoms with Crippen molar-refractivity contribution >= 4 is 6.09 Å². The van der Waals surface area contributed by atoms with Gasteiger partial charge in [0.15, 0.2) is 0 Å². The summed E-state index contributed by atoms with van der Waals surface area (Å²) < 4.78 is 10.5. The number of hydrogen-bond donors (Lipinski definition) is 1. The monoisotopic (exact) mass is 264 g/mol. The number of methoxy groups -OCH3 is 1. The molecule has 1 aliphatic rings. The molecule has 0 spiro atoms. The number of hydrogen-bond acceptors (Lipinski definition) is 4. The molecule has 0 aromatic heterocycles. The smallest absolute Gasteiger partial charge is 0.410 e. The first kappa shape index (κ1) is 13.7. The van der Waals surface area contributed by atoms with Gasteiger partial charge in [-0.05, 0) is 30.7 Å². The van der Waals surface area contributed by atoms with Crippen molar-refractivity contribution in [3.63, 3.8) is 0 Å². The van der Waals surface area contributed by atoms with Crippen molar-refractivity contribution in [3.8, 4) is 5.75 Å². The Morgan fingerprint density at radius 2 is 2.26 bits per heavy atom. The second-order valence-corrected chi connectivity index (χ2v) is 4.50. The van der Waals surface area contributed by atoms with Gasteiger partial charge in [0.2, 0.25) is 0 Å². The average molecular weight is 264 g/mol. The van der Waals surface area contributed by atoms with Crippen LogP contribution < -0.4 is 10.1 Å². The quantitative estimate of drug-likeness (QED) is 0.901. The van der Waals surface area contributed by atoms with Gasteiger partial charge in [-0.1, -0.05) is 12.1 Å². The van der Waals surface area contributed by atoms with E-state index in [1.807, 2.05) is 24.3 Å². The molecule has 19 heavy (non-hydrogen) atoms. The van der Waals surface area contributed by atoms with Crippen LogP contribution in [0.15, 0.2) is 24.3 Å². The predicted octanol–water partition coefficient (Wildman–Crippen LogP) is 1.63. The normalized spacial score (nSPS) is 15.7. The summed E-state index contributed by atoms with van der Waals surface area (Å²) in [5.74, 6) is 0.771. The molecule has 1 aromatic rings. The Bertz CT molecular complexity index is 415. The van der Waals surface area contributed by atoms with Gasteiger partial charge in [0, 0.05) is 19.6 Å². The number of nitrogens with zero attached hydrogens (tertiary/aromatic N) is 1. The van der Waals surface area contributed by atoms with Crippen molar-refractivity contribution < 1.29 is 14.3 Å². The lowest BCUT2D eigenvalue weighted by Gasteiger charge is -2.19. The van der Waals surface area contributed by atoms with E-state index in [2.05, 4.69) is 5.32 Å². The topological polar surface area (TPSA) is 50.8 Å². The second kappa shape index (κ2) is 6.99. The van der Waals surface area contributed by atoms with E-state index in [9.17, 15) is 4.79 Å². The molecule has 1 heterocycles. The molecule has 0 saturated carbocycles. The summed E-state index contributed by atoms with van der Waals surface area (Å²) in [5.41, 5.74) is 0.931. The maximum Gasteiger partial charge on any atom is 0.410 e. The third-order valence-corrected chi connectivity index (χ3v) is 3.09. The lowest BCUT2D eigenvalue weighted by Crippen LogP contribution is -2.34. The lowest BCUT2D eigenvalue weighted by molar-refractivity contribution is 0.0984. The molecule has 0 bridgehead atoms. The minimum absolute atomic E-state index is 0.244. The van der Waals surface area contributed by atoms with Crippen LogP contribution >= 0.6 is 0 Å². The van der Waals surface area contributed by atoms with E-state index >= 15 is 0 Å². The zero-order valence-corrected chi connectivity index (χ0v) is 11.2. The van der Waals surface area contributed by atoms with Crippen molar-refractivity contribution in [2.75, 3.05) is 33.3 Å². The molecule has 2 rings (SSSR count). The first-order valence-corrected chi connectivity index (χ1v) is 6.55. The second-order valence-electron chi connectivity index (χ2n) is 4.50. The van der Waals surface area contributed by atoms with E-state index in [0.717, 1.165) is 37.4 Å². The highest BCUT2D eigenvalue weighted by Gasteiger charge is 2.16. The summed E-state index contributed by atoms with van der Waals surface area (Å²) in [6.45, 7) is 3.52. The highest BCUT2D eigenvalue weighted by Crippen LogP contribution is 2.13. The Kier molecular flexibility index (Phi) is 5.03. The summed E-state index contributed by atoms with van der Waals surface area (Å²) in [6.07, 6.45) is 0.723. The molecule has 1 amide bonds. The summed E-state index contributed by atoms with van der Waals surface area (Å²) >= 11 is 0. The molecule has 1 saturated heterocycles. The van der Waals surface area contributed by atoms with Gasteiger partial charge in [0.05, 0.1) is 7.11 Å². The molecule has 0 aliphatic carbocycles. The van der Waals surface area contributed by atoms with Crippen molar-refractivity contribution in [1.29, 1.82) is 0 Å². The van der Waals surface area contributed by atoms with E-state index in [1.165, 1.54) is 0 Å². The fourth-order valence-corrected chi connectivity index (χ4v) is 2.03. The highest BCUT2D eigenvalue weighted by atomic mass is 16.6. The molecule has 1 aliphatic heterocycles. The molecule has 1 N–H and O–H groups in total. The summed E-state index contributed by atoms with van der Waals surface area (Å²) in [4.78, 5) is 13.7. The van der Waals surface area contributed by atoms with E-state index in [0.29, 0.717) is 6.54 Å². The van der Waals surface area contributed by atoms with Crippen LogP contribution in [0.25, 0.3) is 0 Å². The molecular weight excluding hydrogens is 244 g/mol. The van der Waals surface area contributed by atoms with E-state index < -0.39 is 0 Å². The zero-order chi connectivity index (χ0) is 13.5. The van der Waals surface area contributed by atoms with E-state index in [-0.39, 0.29) is 12.7 Å². The predicted molar refractivity (Wildman–Crippen MR) is 72.2 cm³/mol. The fourth-order valence-electron chi connectivity index (χ4n) is 2.03. The fraction of sp³-hybridized carbons (Fsp3) is 0.500. The number of nitrogens with one attached hydrogen (secondary N) is 1. The van der Waals surface area contributed by atoms with Crippen LogP contribution in [0.2, 0.25) is 0 Å². The first-order chi connectivity index (χ1) is 9.29. The van der Waals surface area contributed by atoms with E-state index in [1.54, 1.807) is 12.0 Å². The molecule has 1 fully saturated rings. The Hall–Kier alpha value is -1.75. The number of amides is 1. The Labute approximate surface area is 113 Å². The number of carbonyl (C=O) groups excluding carboxylic acids is 1. The third-order valence-electron chi connectivity index (χ3n) is 3.09. The summed E-state index contributed by atoms with van der Waals surface area (Å²) in [5, 5.41) is 3.25. The minimum Gasteiger partial charge on any atom is -0.497 e. The first-order valence-electron chi connectivity index (χ1n) is 6.55. The Morgan fingerprint density at radius 1 is 1.37 bits per heavy atom. The molecule has 5 nitrogen and oxygen atoms in total. The van der Waals surface area contributed by atoms with Gasteiger partial charge in [-0.25, -0.2) is 4.79 Å². The van der Waals surface area contributed by atoms with Crippen molar-refractivity contribution in [2.24, 2.45) is 0 Å². The van der Waals surface area contributed by atoms with Crippen LogP contribution in [0, 0.1) is 0 Å². The number of benzene rings is 1. The maximum atomic E-state index is 11.9. The Morgan fingerprint density at radius 3 is 3.11 bits per heavy atom. The highest BCUT2D eigenvalue weighted by molar-refractivity contribution is 5.67. The lowest BCUT2D eigenvalue weighted by atomic mass is 10.2. The summed E-state index contributed by atoms with van der Waals surface area (Å²) in [7, 11) is 1.62. The zero-order valence-electron chi connectivity index (χ0n) is 11.2. The molecule has 1 aromatic carbocycles. The molecule has 0 radical (unpaired) electrons. The molecular formula is C14H20N2O3. The van der Waals surface area contributed by atoms with Crippen LogP contribution in [-0.4, -0.2) is 44.3 Å². The minimum atomic E-state index is -0.244. The van der Waals surface area contributed by atoms with Gasteiger partial charge in [-0.15, -0.1) is 0 Å². The SMILES string of the molecule is COc1cccc(COC(=O)N2CCCNCC2)c1. The Balaban J connectivity index is 1.84. The largest absolute Gasteiger partial charge is 0.497 e. The van der Waals surface area contributed by atoms with Gasteiger partial charge in [0.1, 0.15) is 12.4 Å². The number of ether oxygens (including phenoxy) is 2. The van der Waals surface area contributed by atoms with Gasteiger partial charge < -0.3 is 19.7 Å². The molecule has 0 atom stereocenters. The van der Waals surface area contributed by atoms with Crippen LogP contribution in [0.1, 0.15) is 12.0 Å². The van der Waals surface area contributed by atoms with Crippen molar-refractivity contribution in [1.82, 2.24) is 10.2 Å². The van der Waals surface area contributed by atoms with Gasteiger partial charge in [0.25, 0.3) is 0 Å². The van der Waals surface area contributed by atoms with Crippen molar-refractivity contribution in [2.45, 2.75) is 13.0 Å². The van der Waals surface area contributed by atoms with Gasteiger partial charge in [-0.2, -0.15) is 0 Å². The summed E-state index contributed by atoms with van der Waals surface area (Å²) in [6, 6.07) is 7.54. The number of carbonyl (C=O) groups is 1. The molecule has 104 valence electrons. The van der Waals surface area contributed by atoms with Gasteiger partial charge >= 0.3 is 6.09 Å². The molecule has 5 heteroatoms. The third kappa shape index (κ3) is 4.13. The van der Waals surface area contributed by atoms with Crippen LogP contribution in [0.5, 0.6) is 5.75 Å². The number of rotatable bonds is 3. The van der Waals surface area contributed by atoms with Crippen LogP contribution in [0.4, 0.5) is 4.79 Å². The van der Waals surface area contributed by atoms with Crippen LogP contribution in [-0.2, 0) is 11.3 Å². The van der Waals surface area contributed by atoms with Crippen LogP contribution in [0.3, 0.4) is 0 Å². The van der Waals surface area contributed by atoms with Crippen molar-refractivity contribution in [3.05, 3.63) is 29.8 Å². The average Bonchev–Trinajstić information content (AvgIpc) is 2.74. The standard InChI is InChI=1S/C14H20N2O3/c1-18-13-5-2-4-12(10-13)11-19-14(17)16-8-3-6-15-7-9-16/h2,4-5,10,15H,3,6-9,11H2,1H3. The maximum absolute atomic E-state index is 11.9. The molecule has 0 unspecified atom stereocenters. The van der Waals surface area contributed by atoms with E-state index in [4.69, 9.17) is 9.47 Å².